The van der Waals surface area contributed by atoms with Crippen LogP contribution in [0, 0.1) is 0 Å². The Balaban J connectivity index is 1.78. The number of carbonyl (C=O) groups is 2. The van der Waals surface area contributed by atoms with Gasteiger partial charge in [0, 0.05) is 37.0 Å². The molecule has 0 aliphatic rings. The predicted molar refractivity (Wildman–Crippen MR) is 89.6 cm³/mol. The molecule has 2 heterocycles. The number of anilines is 1. The maximum atomic E-state index is 11.9. The maximum absolute atomic E-state index is 11.9. The minimum Gasteiger partial charge on any atom is -0.350 e. The number of thiazole rings is 1. The number of hydrogen-bond donors (Lipinski definition) is 2. The van der Waals surface area contributed by atoms with Crippen LogP contribution < -0.4 is 10.6 Å². The van der Waals surface area contributed by atoms with Crippen molar-refractivity contribution in [3.63, 3.8) is 0 Å². The SMILES string of the molecule is Cn1nccc1C(=O)NCCC(=O)Nc1nc(C(C)(C)C)cs1. The number of nitrogens with one attached hydrogen (secondary N) is 2. The first kappa shape index (κ1) is 17.1. The largest absolute Gasteiger partial charge is 0.350 e. The lowest BCUT2D eigenvalue weighted by molar-refractivity contribution is -0.116. The maximum Gasteiger partial charge on any atom is 0.269 e. The van der Waals surface area contributed by atoms with Gasteiger partial charge < -0.3 is 10.6 Å². The number of nitrogens with zero attached hydrogens (tertiary/aromatic N) is 3. The molecule has 124 valence electrons. The van der Waals surface area contributed by atoms with Crippen LogP contribution in [-0.4, -0.2) is 33.1 Å². The Hall–Kier alpha value is -2.22. The molecule has 0 atom stereocenters. The molecule has 7 nitrogen and oxygen atoms in total. The van der Waals surface area contributed by atoms with Gasteiger partial charge in [-0.25, -0.2) is 4.98 Å². The molecule has 0 radical (unpaired) electrons. The zero-order valence-corrected chi connectivity index (χ0v) is 14.5. The first-order valence-corrected chi connectivity index (χ1v) is 8.17. The van der Waals surface area contributed by atoms with Crippen LogP contribution in [0.5, 0.6) is 0 Å². The normalized spacial score (nSPS) is 11.3. The lowest BCUT2D eigenvalue weighted by atomic mass is 9.93. The average Bonchev–Trinajstić information content (AvgIpc) is 3.07. The third kappa shape index (κ3) is 4.62. The zero-order chi connectivity index (χ0) is 17.0. The van der Waals surface area contributed by atoms with Crippen molar-refractivity contribution in [1.29, 1.82) is 0 Å². The Morgan fingerprint density at radius 1 is 1.35 bits per heavy atom. The summed E-state index contributed by atoms with van der Waals surface area (Å²) in [6.45, 7) is 6.47. The smallest absolute Gasteiger partial charge is 0.269 e. The van der Waals surface area contributed by atoms with E-state index in [0.717, 1.165) is 5.69 Å². The van der Waals surface area contributed by atoms with Crippen LogP contribution in [0.15, 0.2) is 17.6 Å². The van der Waals surface area contributed by atoms with Crippen molar-refractivity contribution in [3.05, 3.63) is 29.0 Å². The van der Waals surface area contributed by atoms with Crippen molar-refractivity contribution in [1.82, 2.24) is 20.1 Å². The Bertz CT molecular complexity index is 699. The molecular formula is C15H21N5O2S. The molecule has 2 aromatic heterocycles. The molecular weight excluding hydrogens is 314 g/mol. The van der Waals surface area contributed by atoms with E-state index in [-0.39, 0.29) is 30.2 Å². The van der Waals surface area contributed by atoms with E-state index in [1.165, 1.54) is 16.0 Å². The summed E-state index contributed by atoms with van der Waals surface area (Å²) < 4.78 is 1.49. The Morgan fingerprint density at radius 2 is 2.09 bits per heavy atom. The molecule has 0 saturated carbocycles. The van der Waals surface area contributed by atoms with Crippen LogP contribution in [0.1, 0.15) is 43.4 Å². The molecule has 0 aliphatic heterocycles. The molecule has 0 aromatic carbocycles. The minimum atomic E-state index is -0.248. The van der Waals surface area contributed by atoms with Gasteiger partial charge in [0.15, 0.2) is 5.13 Å². The van der Waals surface area contributed by atoms with Gasteiger partial charge in [-0.15, -0.1) is 11.3 Å². The summed E-state index contributed by atoms with van der Waals surface area (Å²) in [6.07, 6.45) is 1.74. The summed E-state index contributed by atoms with van der Waals surface area (Å²) in [7, 11) is 1.69. The van der Waals surface area contributed by atoms with Crippen LogP contribution in [-0.2, 0) is 17.3 Å². The van der Waals surface area contributed by atoms with Gasteiger partial charge in [-0.3, -0.25) is 14.3 Å². The molecule has 2 amide bonds. The molecule has 2 N–H and O–H groups in total. The molecule has 0 bridgehead atoms. The van der Waals surface area contributed by atoms with E-state index in [0.29, 0.717) is 10.8 Å². The van der Waals surface area contributed by atoms with Crippen LogP contribution in [0.2, 0.25) is 0 Å². The number of carbonyl (C=O) groups excluding carboxylic acids is 2. The summed E-state index contributed by atoms with van der Waals surface area (Å²) in [5, 5.41) is 11.9. The van der Waals surface area contributed by atoms with Crippen LogP contribution >= 0.6 is 11.3 Å². The molecule has 0 fully saturated rings. The van der Waals surface area contributed by atoms with Gasteiger partial charge in [-0.2, -0.15) is 5.10 Å². The molecule has 0 saturated heterocycles. The fourth-order valence-electron chi connectivity index (χ4n) is 1.83. The van der Waals surface area contributed by atoms with Gasteiger partial charge in [0.2, 0.25) is 5.91 Å². The Morgan fingerprint density at radius 3 is 2.65 bits per heavy atom. The lowest BCUT2D eigenvalue weighted by Gasteiger charge is -2.14. The Labute approximate surface area is 139 Å². The molecule has 23 heavy (non-hydrogen) atoms. The highest BCUT2D eigenvalue weighted by Gasteiger charge is 2.18. The second-order valence-corrected chi connectivity index (χ2v) is 7.04. The quantitative estimate of drug-likeness (QED) is 0.874. The summed E-state index contributed by atoms with van der Waals surface area (Å²) >= 11 is 1.40. The van der Waals surface area contributed by atoms with Crippen LogP contribution in [0.3, 0.4) is 0 Å². The van der Waals surface area contributed by atoms with Gasteiger partial charge in [0.05, 0.1) is 5.69 Å². The highest BCUT2D eigenvalue weighted by molar-refractivity contribution is 7.13. The van der Waals surface area contributed by atoms with E-state index in [1.807, 2.05) is 5.38 Å². The second-order valence-electron chi connectivity index (χ2n) is 6.18. The zero-order valence-electron chi connectivity index (χ0n) is 13.7. The van der Waals surface area contributed by atoms with Crippen molar-refractivity contribution >= 4 is 28.3 Å². The first-order chi connectivity index (χ1) is 10.8. The summed E-state index contributed by atoms with van der Waals surface area (Å²) in [6, 6.07) is 1.62. The first-order valence-electron chi connectivity index (χ1n) is 7.29. The molecule has 2 rings (SSSR count). The number of hydrogen-bond acceptors (Lipinski definition) is 5. The van der Waals surface area contributed by atoms with E-state index in [1.54, 1.807) is 19.3 Å². The van der Waals surface area contributed by atoms with Gasteiger partial charge >= 0.3 is 0 Å². The molecule has 8 heteroatoms. The van der Waals surface area contributed by atoms with E-state index in [2.05, 4.69) is 41.5 Å². The lowest BCUT2D eigenvalue weighted by Crippen LogP contribution is -2.29. The van der Waals surface area contributed by atoms with Gasteiger partial charge in [0.25, 0.3) is 5.91 Å². The summed E-state index contributed by atoms with van der Waals surface area (Å²) in [5.74, 6) is -0.424. The number of rotatable bonds is 5. The van der Waals surface area contributed by atoms with E-state index in [4.69, 9.17) is 0 Å². The third-order valence-corrected chi connectivity index (χ3v) is 3.97. The second kappa shape index (κ2) is 6.91. The van der Waals surface area contributed by atoms with Crippen LogP contribution in [0.4, 0.5) is 5.13 Å². The van der Waals surface area contributed by atoms with E-state index >= 15 is 0 Å². The average molecular weight is 335 g/mol. The fraction of sp³-hybridized carbons (Fsp3) is 0.467. The van der Waals surface area contributed by atoms with Gasteiger partial charge in [-0.05, 0) is 6.07 Å². The van der Waals surface area contributed by atoms with Gasteiger partial charge in [-0.1, -0.05) is 20.8 Å². The van der Waals surface area contributed by atoms with Crippen molar-refractivity contribution in [2.45, 2.75) is 32.6 Å². The predicted octanol–water partition coefficient (Wildman–Crippen LogP) is 1.93. The van der Waals surface area contributed by atoms with Crippen molar-refractivity contribution < 1.29 is 9.59 Å². The number of amides is 2. The molecule has 0 spiro atoms. The van der Waals surface area contributed by atoms with Crippen molar-refractivity contribution in [2.24, 2.45) is 7.05 Å². The topological polar surface area (TPSA) is 88.9 Å². The summed E-state index contributed by atoms with van der Waals surface area (Å²) in [4.78, 5) is 28.2. The number of aromatic nitrogens is 3. The van der Waals surface area contributed by atoms with Crippen LogP contribution in [0.25, 0.3) is 0 Å². The van der Waals surface area contributed by atoms with Crippen molar-refractivity contribution in [3.8, 4) is 0 Å². The van der Waals surface area contributed by atoms with Crippen molar-refractivity contribution in [2.75, 3.05) is 11.9 Å². The molecule has 0 aliphatic carbocycles. The highest BCUT2D eigenvalue weighted by Crippen LogP contribution is 2.26. The monoisotopic (exact) mass is 335 g/mol. The molecule has 2 aromatic rings. The fourth-order valence-corrected chi connectivity index (χ4v) is 2.79. The number of aryl methyl sites for hydroxylation is 1. The third-order valence-electron chi connectivity index (χ3n) is 3.21. The van der Waals surface area contributed by atoms with Gasteiger partial charge in [0.1, 0.15) is 5.69 Å². The van der Waals surface area contributed by atoms with E-state index < -0.39 is 0 Å². The highest BCUT2D eigenvalue weighted by atomic mass is 32.1. The molecule has 0 unspecified atom stereocenters. The van der Waals surface area contributed by atoms with E-state index in [9.17, 15) is 9.59 Å². The standard InChI is InChI=1S/C15H21N5O2S/c1-15(2,3)11-9-23-14(18-11)19-12(21)6-7-16-13(22)10-5-8-17-20(10)4/h5,8-9H,6-7H2,1-4H3,(H,16,22)(H,18,19,21). The minimum absolute atomic E-state index is 0.0451. The summed E-state index contributed by atoms with van der Waals surface area (Å²) in [5.41, 5.74) is 1.36. The Kier molecular flexibility index (Phi) is 5.15.